The molecule has 1 aromatic heterocycles. The fourth-order valence-corrected chi connectivity index (χ4v) is 4.44. The second-order valence-corrected chi connectivity index (χ2v) is 8.41. The number of halogens is 4. The topological polar surface area (TPSA) is 54.5 Å². The number of nitrogens with zero attached hydrogens (tertiary/aromatic N) is 2. The van der Waals surface area contributed by atoms with Gasteiger partial charge in [0.2, 0.25) is 5.91 Å². The minimum atomic E-state index is -2.89. The summed E-state index contributed by atoms with van der Waals surface area (Å²) in [6.07, 6.45) is 3.82. The number of rotatable bonds is 5. The summed E-state index contributed by atoms with van der Waals surface area (Å²) in [5.74, 6) is -4.68. The summed E-state index contributed by atoms with van der Waals surface area (Å²) in [6.45, 7) is -0.520. The molecule has 2 aromatic rings. The molecule has 1 N–H and O–H groups in total. The number of methoxy groups -OCH3 is 1. The molecule has 172 valence electrons. The van der Waals surface area contributed by atoms with E-state index in [2.05, 4.69) is 10.3 Å². The van der Waals surface area contributed by atoms with Crippen LogP contribution in [0.3, 0.4) is 0 Å². The molecule has 1 aliphatic heterocycles. The molecular weight excluding hydrogens is 426 g/mol. The third-order valence-electron chi connectivity index (χ3n) is 6.25. The first-order chi connectivity index (χ1) is 15.3. The summed E-state index contributed by atoms with van der Waals surface area (Å²) >= 11 is 0. The van der Waals surface area contributed by atoms with Crippen molar-refractivity contribution in [3.05, 3.63) is 42.1 Å². The molecular formula is C23H25F4N3O2. The molecule has 1 aliphatic carbocycles. The summed E-state index contributed by atoms with van der Waals surface area (Å²) in [6, 6.07) is 4.46. The van der Waals surface area contributed by atoms with E-state index in [4.69, 9.17) is 4.74 Å². The van der Waals surface area contributed by atoms with Gasteiger partial charge in [-0.3, -0.25) is 4.79 Å². The maximum Gasteiger partial charge on any atom is 0.266 e. The van der Waals surface area contributed by atoms with Crippen LogP contribution in [0.5, 0.6) is 0 Å². The third-order valence-corrected chi connectivity index (χ3v) is 6.25. The molecule has 5 nitrogen and oxygen atoms in total. The number of ether oxygens (including phenoxy) is 1. The Hall–Kier alpha value is -2.68. The smallest absolute Gasteiger partial charge is 0.266 e. The summed E-state index contributed by atoms with van der Waals surface area (Å²) in [7, 11) is 1.64. The van der Waals surface area contributed by atoms with Gasteiger partial charge in [0.15, 0.2) is 5.82 Å². The number of benzene rings is 1. The van der Waals surface area contributed by atoms with Crippen molar-refractivity contribution in [3.8, 4) is 11.1 Å². The molecule has 0 radical (unpaired) electrons. The molecule has 1 saturated heterocycles. The number of alkyl halides is 2. The van der Waals surface area contributed by atoms with Gasteiger partial charge in [0, 0.05) is 43.3 Å². The van der Waals surface area contributed by atoms with E-state index in [1.54, 1.807) is 7.11 Å². The van der Waals surface area contributed by atoms with Gasteiger partial charge in [0.25, 0.3) is 5.92 Å². The number of hydrogen-bond acceptors (Lipinski definition) is 4. The Bertz CT molecular complexity index is 993. The molecule has 2 aliphatic rings. The Kier molecular flexibility index (Phi) is 6.37. The number of nitrogens with one attached hydrogen (secondary N) is 1. The fourth-order valence-electron chi connectivity index (χ4n) is 4.44. The summed E-state index contributed by atoms with van der Waals surface area (Å²) < 4.78 is 61.6. The van der Waals surface area contributed by atoms with Crippen LogP contribution in [0.4, 0.5) is 29.1 Å². The highest BCUT2D eigenvalue weighted by Crippen LogP contribution is 2.40. The Morgan fingerprint density at radius 2 is 1.91 bits per heavy atom. The highest BCUT2D eigenvalue weighted by Gasteiger charge is 2.40. The van der Waals surface area contributed by atoms with Crippen molar-refractivity contribution < 1.29 is 27.1 Å². The SMILES string of the molecule is CO[C@H]1CC[C@H](C(=O)Nc2c(-c3cc(F)ccc3F)ccnc2N2CCC(F)(F)C2)CC1. The highest BCUT2D eigenvalue weighted by molar-refractivity contribution is 6.00. The van der Waals surface area contributed by atoms with E-state index in [-0.39, 0.29) is 53.5 Å². The lowest BCUT2D eigenvalue weighted by molar-refractivity contribution is -0.121. The van der Waals surface area contributed by atoms with Crippen LogP contribution in [0.25, 0.3) is 11.1 Å². The second kappa shape index (κ2) is 9.05. The van der Waals surface area contributed by atoms with Crippen LogP contribution in [0.15, 0.2) is 30.5 Å². The lowest BCUT2D eigenvalue weighted by atomic mass is 9.86. The number of amides is 1. The molecule has 32 heavy (non-hydrogen) atoms. The van der Waals surface area contributed by atoms with Crippen molar-refractivity contribution in [2.45, 2.75) is 44.1 Å². The molecule has 4 rings (SSSR count). The molecule has 2 fully saturated rings. The predicted molar refractivity (Wildman–Crippen MR) is 113 cm³/mol. The molecule has 1 aromatic carbocycles. The van der Waals surface area contributed by atoms with Crippen molar-refractivity contribution in [1.82, 2.24) is 4.98 Å². The van der Waals surface area contributed by atoms with Crippen LogP contribution >= 0.6 is 0 Å². The van der Waals surface area contributed by atoms with Gasteiger partial charge in [-0.2, -0.15) is 0 Å². The van der Waals surface area contributed by atoms with E-state index in [1.165, 1.54) is 17.2 Å². The average Bonchev–Trinajstić information content (AvgIpc) is 3.15. The summed E-state index contributed by atoms with van der Waals surface area (Å²) in [4.78, 5) is 18.7. The number of pyridine rings is 1. The fraction of sp³-hybridized carbons (Fsp3) is 0.478. The Morgan fingerprint density at radius 1 is 1.16 bits per heavy atom. The van der Waals surface area contributed by atoms with Crippen molar-refractivity contribution in [1.29, 1.82) is 0 Å². The zero-order valence-corrected chi connectivity index (χ0v) is 17.7. The number of carbonyl (C=O) groups is 1. The molecule has 2 heterocycles. The van der Waals surface area contributed by atoms with E-state index in [1.807, 2.05) is 0 Å². The normalized spacial score (nSPS) is 22.7. The number of anilines is 2. The van der Waals surface area contributed by atoms with Crippen LogP contribution in [0.1, 0.15) is 32.1 Å². The number of carbonyl (C=O) groups excluding carboxylic acids is 1. The minimum Gasteiger partial charge on any atom is -0.381 e. The standard InChI is InChI=1S/C23H25F4N3O2/c1-32-16-5-2-14(3-6-16)22(31)29-20-17(18-12-15(24)4-7-19(18)25)8-10-28-21(20)30-11-9-23(26,27)13-30/h4,7-8,10,12,14,16H,2-3,5-6,9,11,13H2,1H3,(H,29,31)/t14-,16-. The molecule has 0 atom stereocenters. The molecule has 0 spiro atoms. The van der Waals surface area contributed by atoms with Gasteiger partial charge >= 0.3 is 0 Å². The minimum absolute atomic E-state index is 0.0386. The third kappa shape index (κ3) is 4.72. The van der Waals surface area contributed by atoms with Crippen LogP contribution in [0.2, 0.25) is 0 Å². The maximum atomic E-state index is 14.6. The van der Waals surface area contributed by atoms with Gasteiger partial charge in [-0.15, -0.1) is 0 Å². The monoisotopic (exact) mass is 451 g/mol. The predicted octanol–water partition coefficient (Wildman–Crippen LogP) is 5.02. The number of hydrogen-bond donors (Lipinski definition) is 1. The molecule has 1 amide bonds. The molecule has 1 saturated carbocycles. The van der Waals surface area contributed by atoms with Crippen LogP contribution in [0, 0.1) is 17.6 Å². The zero-order chi connectivity index (χ0) is 22.9. The maximum absolute atomic E-state index is 14.6. The first-order valence-electron chi connectivity index (χ1n) is 10.7. The van der Waals surface area contributed by atoms with Gasteiger partial charge in [0.1, 0.15) is 11.6 Å². The Labute approximate surface area is 183 Å². The van der Waals surface area contributed by atoms with Gasteiger partial charge in [-0.05, 0) is 49.9 Å². The van der Waals surface area contributed by atoms with Crippen molar-refractivity contribution in [3.63, 3.8) is 0 Å². The quantitative estimate of drug-likeness (QED) is 0.649. The van der Waals surface area contributed by atoms with E-state index < -0.39 is 24.1 Å². The Balaban J connectivity index is 1.71. The van der Waals surface area contributed by atoms with E-state index in [9.17, 15) is 22.4 Å². The van der Waals surface area contributed by atoms with Crippen molar-refractivity contribution >= 4 is 17.4 Å². The van der Waals surface area contributed by atoms with Crippen LogP contribution < -0.4 is 10.2 Å². The molecule has 9 heteroatoms. The first kappa shape index (κ1) is 22.5. The van der Waals surface area contributed by atoms with Gasteiger partial charge in [0.05, 0.1) is 18.3 Å². The van der Waals surface area contributed by atoms with Gasteiger partial charge in [-0.1, -0.05) is 0 Å². The van der Waals surface area contributed by atoms with Crippen LogP contribution in [-0.2, 0) is 9.53 Å². The summed E-state index contributed by atoms with van der Waals surface area (Å²) in [5, 5.41) is 2.81. The molecule has 0 bridgehead atoms. The van der Waals surface area contributed by atoms with Crippen LogP contribution in [-0.4, -0.2) is 43.1 Å². The van der Waals surface area contributed by atoms with E-state index >= 15 is 0 Å². The number of aromatic nitrogens is 1. The average molecular weight is 451 g/mol. The lowest BCUT2D eigenvalue weighted by Crippen LogP contribution is -2.31. The lowest BCUT2D eigenvalue weighted by Gasteiger charge is -2.28. The largest absolute Gasteiger partial charge is 0.381 e. The second-order valence-electron chi connectivity index (χ2n) is 8.41. The van der Waals surface area contributed by atoms with Gasteiger partial charge in [-0.25, -0.2) is 22.5 Å². The van der Waals surface area contributed by atoms with Crippen molar-refractivity contribution in [2.75, 3.05) is 30.4 Å². The highest BCUT2D eigenvalue weighted by atomic mass is 19.3. The van der Waals surface area contributed by atoms with Crippen molar-refractivity contribution in [2.24, 2.45) is 5.92 Å². The zero-order valence-electron chi connectivity index (χ0n) is 17.7. The van der Waals surface area contributed by atoms with E-state index in [0.29, 0.717) is 12.8 Å². The molecule has 0 unspecified atom stereocenters. The first-order valence-corrected chi connectivity index (χ1v) is 10.7. The summed E-state index contributed by atoms with van der Waals surface area (Å²) in [5.41, 5.74) is 0.243. The van der Waals surface area contributed by atoms with E-state index in [0.717, 1.165) is 31.0 Å². The Morgan fingerprint density at radius 3 is 2.56 bits per heavy atom. The van der Waals surface area contributed by atoms with Gasteiger partial charge < -0.3 is 15.0 Å².